The van der Waals surface area contributed by atoms with Crippen molar-refractivity contribution in [2.75, 3.05) is 18.0 Å². The van der Waals surface area contributed by atoms with Gasteiger partial charge >= 0.3 is 6.18 Å². The molecule has 0 saturated carbocycles. The summed E-state index contributed by atoms with van der Waals surface area (Å²) >= 11 is 0. The molecule has 0 bridgehead atoms. The van der Waals surface area contributed by atoms with Gasteiger partial charge in [-0.25, -0.2) is 0 Å². The summed E-state index contributed by atoms with van der Waals surface area (Å²) < 4.78 is 38.7. The second kappa shape index (κ2) is 10.1. The van der Waals surface area contributed by atoms with Gasteiger partial charge in [-0.15, -0.1) is 5.10 Å². The van der Waals surface area contributed by atoms with Crippen LogP contribution in [0, 0.1) is 5.92 Å². The van der Waals surface area contributed by atoms with Gasteiger partial charge in [-0.2, -0.15) is 18.3 Å². The fourth-order valence-corrected chi connectivity index (χ4v) is 4.59. The zero-order valence-electron chi connectivity index (χ0n) is 19.7. The van der Waals surface area contributed by atoms with Crippen LogP contribution in [0.25, 0.3) is 0 Å². The van der Waals surface area contributed by atoms with Crippen LogP contribution in [-0.2, 0) is 6.54 Å². The number of alkyl halides is 3. The molecule has 1 saturated heterocycles. The Labute approximate surface area is 199 Å². The van der Waals surface area contributed by atoms with Crippen molar-refractivity contribution in [3.8, 4) is 0 Å². The van der Waals surface area contributed by atoms with Crippen LogP contribution in [-0.4, -0.2) is 41.6 Å². The van der Waals surface area contributed by atoms with Crippen molar-refractivity contribution in [3.05, 3.63) is 78.0 Å². The largest absolute Gasteiger partial charge is 0.431 e. The van der Waals surface area contributed by atoms with E-state index in [1.165, 1.54) is 0 Å². The smallest absolute Gasteiger partial charge is 0.341 e. The number of hydrogen-bond acceptors (Lipinski definition) is 4. The number of hydrogen-bond donors (Lipinski definition) is 0. The predicted octanol–water partition coefficient (Wildman–Crippen LogP) is 6.44. The first-order valence-corrected chi connectivity index (χ1v) is 11.8. The topological polar surface area (TPSA) is 31.2 Å². The van der Waals surface area contributed by atoms with Crippen LogP contribution in [0.15, 0.2) is 77.1 Å². The molecule has 0 aromatic heterocycles. The molecule has 2 heterocycles. The number of benzene rings is 2. The molecular weight excluding hydrogens is 437 g/mol. The van der Waals surface area contributed by atoms with E-state index in [0.717, 1.165) is 42.9 Å². The van der Waals surface area contributed by atoms with E-state index < -0.39 is 11.9 Å². The number of anilines is 1. The summed E-state index contributed by atoms with van der Waals surface area (Å²) in [6.45, 7) is 11.8. The van der Waals surface area contributed by atoms with Crippen LogP contribution in [0.3, 0.4) is 0 Å². The van der Waals surface area contributed by atoms with E-state index in [1.54, 1.807) is 0 Å². The predicted molar refractivity (Wildman–Crippen MR) is 132 cm³/mol. The van der Waals surface area contributed by atoms with Gasteiger partial charge in [-0.05, 0) is 63.0 Å². The minimum atomic E-state index is -4.44. The molecule has 0 unspecified atom stereocenters. The van der Waals surface area contributed by atoms with Crippen LogP contribution in [0.2, 0.25) is 0 Å². The molecule has 2 aliphatic heterocycles. The summed E-state index contributed by atoms with van der Waals surface area (Å²) in [6, 6.07) is 18.3. The zero-order chi connectivity index (χ0) is 24.3. The monoisotopic (exact) mass is 468 g/mol. The molecule has 0 amide bonds. The number of halogens is 3. The quantitative estimate of drug-likeness (QED) is 0.468. The highest BCUT2D eigenvalue weighted by atomic mass is 19.4. The fourth-order valence-electron chi connectivity index (χ4n) is 4.59. The third-order valence-corrected chi connectivity index (χ3v) is 6.73. The lowest BCUT2D eigenvalue weighted by atomic mass is 9.92. The van der Waals surface area contributed by atoms with Crippen LogP contribution < -0.4 is 4.90 Å². The third-order valence-electron chi connectivity index (χ3n) is 6.73. The molecule has 4 nitrogen and oxygen atoms in total. The Morgan fingerprint density at radius 3 is 2.24 bits per heavy atom. The van der Waals surface area contributed by atoms with Crippen molar-refractivity contribution in [3.63, 3.8) is 0 Å². The average Bonchev–Trinajstić information content (AvgIpc) is 3.34. The van der Waals surface area contributed by atoms with Gasteiger partial charge in [0.25, 0.3) is 0 Å². The molecule has 2 aromatic rings. The first kappa shape index (κ1) is 24.2. The Hall–Kier alpha value is -2.93. The van der Waals surface area contributed by atoms with E-state index in [4.69, 9.17) is 0 Å². The summed E-state index contributed by atoms with van der Waals surface area (Å²) in [7, 11) is 0. The highest BCUT2D eigenvalue weighted by Gasteiger charge is 2.38. The molecule has 180 valence electrons. The van der Waals surface area contributed by atoms with E-state index in [2.05, 4.69) is 52.6 Å². The molecule has 0 spiro atoms. The van der Waals surface area contributed by atoms with Crippen LogP contribution >= 0.6 is 0 Å². The lowest BCUT2D eigenvalue weighted by Gasteiger charge is -2.39. The SMILES string of the molecule is C=C(C1CCN(C(C)C)CC1)N(Cc1ccc(C2=NN=C(C(F)(F)F)C2)cc1)c1ccccc1. The molecule has 7 heteroatoms. The Balaban J connectivity index is 1.47. The molecule has 0 radical (unpaired) electrons. The Morgan fingerprint density at radius 1 is 1.03 bits per heavy atom. The molecule has 2 aliphatic rings. The minimum Gasteiger partial charge on any atom is -0.341 e. The molecular formula is C27H31F3N4. The highest BCUT2D eigenvalue weighted by Crippen LogP contribution is 2.32. The van der Waals surface area contributed by atoms with Gasteiger partial charge in [0.05, 0.1) is 5.71 Å². The number of allylic oxidation sites excluding steroid dienone is 1. The maximum absolute atomic E-state index is 12.9. The average molecular weight is 469 g/mol. The lowest BCUT2D eigenvalue weighted by molar-refractivity contribution is -0.0596. The van der Waals surface area contributed by atoms with E-state index >= 15 is 0 Å². The van der Waals surface area contributed by atoms with Gasteiger partial charge in [0.2, 0.25) is 0 Å². The number of nitrogens with zero attached hydrogens (tertiary/aromatic N) is 4. The van der Waals surface area contributed by atoms with E-state index in [1.807, 2.05) is 42.5 Å². The number of rotatable bonds is 7. The van der Waals surface area contributed by atoms with Crippen LogP contribution in [0.5, 0.6) is 0 Å². The molecule has 0 N–H and O–H groups in total. The molecule has 1 fully saturated rings. The standard InChI is InChI=1S/C27H31F3N4/c1-19(2)33-15-13-22(14-16-33)20(3)34(24-7-5-4-6-8-24)18-21-9-11-23(12-10-21)25-17-26(32-31-25)27(28,29)30/h4-12,19,22H,3,13-18H2,1-2H3. The van der Waals surface area contributed by atoms with E-state index in [9.17, 15) is 13.2 Å². The minimum absolute atomic E-state index is 0.287. The summed E-state index contributed by atoms with van der Waals surface area (Å²) in [5.41, 5.74) is 3.43. The van der Waals surface area contributed by atoms with E-state index in [-0.39, 0.29) is 6.42 Å². The summed E-state index contributed by atoms with van der Waals surface area (Å²) in [4.78, 5) is 4.78. The Kier molecular flexibility index (Phi) is 7.22. The first-order valence-electron chi connectivity index (χ1n) is 11.8. The molecule has 34 heavy (non-hydrogen) atoms. The van der Waals surface area contributed by atoms with Crippen molar-refractivity contribution in [1.82, 2.24) is 4.90 Å². The first-order chi connectivity index (χ1) is 16.2. The summed E-state index contributed by atoms with van der Waals surface area (Å²) in [5.74, 6) is 0.417. The molecule has 4 rings (SSSR count). The molecule has 2 aromatic carbocycles. The molecule has 0 atom stereocenters. The maximum Gasteiger partial charge on any atom is 0.431 e. The van der Waals surface area contributed by atoms with Crippen molar-refractivity contribution in [2.45, 2.75) is 51.9 Å². The maximum atomic E-state index is 12.9. The van der Waals surface area contributed by atoms with Gasteiger partial charge in [0.15, 0.2) is 0 Å². The lowest BCUT2D eigenvalue weighted by Crippen LogP contribution is -2.40. The van der Waals surface area contributed by atoms with Crippen molar-refractivity contribution in [1.29, 1.82) is 0 Å². The van der Waals surface area contributed by atoms with Gasteiger partial charge in [-0.1, -0.05) is 49.0 Å². The Morgan fingerprint density at radius 2 is 1.68 bits per heavy atom. The number of likely N-dealkylation sites (tertiary alicyclic amines) is 1. The van der Waals surface area contributed by atoms with Crippen molar-refractivity contribution >= 4 is 17.1 Å². The van der Waals surface area contributed by atoms with Crippen LogP contribution in [0.4, 0.5) is 18.9 Å². The zero-order valence-corrected chi connectivity index (χ0v) is 19.7. The second-order valence-corrected chi connectivity index (χ2v) is 9.28. The summed E-state index contributed by atoms with van der Waals surface area (Å²) in [6.07, 6.45) is -2.56. The van der Waals surface area contributed by atoms with E-state index in [0.29, 0.717) is 29.8 Å². The summed E-state index contributed by atoms with van der Waals surface area (Å²) in [5, 5.41) is 7.08. The van der Waals surface area contributed by atoms with Gasteiger partial charge < -0.3 is 9.80 Å². The Bertz CT molecular complexity index is 1050. The number of para-hydroxylation sites is 1. The third kappa shape index (κ3) is 5.58. The fraction of sp³-hybridized carbons (Fsp3) is 0.407. The van der Waals surface area contributed by atoms with Crippen LogP contribution in [0.1, 0.15) is 44.2 Å². The van der Waals surface area contributed by atoms with Crippen molar-refractivity contribution in [2.24, 2.45) is 16.1 Å². The van der Waals surface area contributed by atoms with Crippen molar-refractivity contribution < 1.29 is 13.2 Å². The second-order valence-electron chi connectivity index (χ2n) is 9.28. The number of piperidine rings is 1. The highest BCUT2D eigenvalue weighted by molar-refractivity contribution is 6.16. The van der Waals surface area contributed by atoms with Gasteiger partial charge in [-0.3, -0.25) is 0 Å². The van der Waals surface area contributed by atoms with Gasteiger partial charge in [0.1, 0.15) is 5.71 Å². The normalized spacial score (nSPS) is 17.6. The molecule has 0 aliphatic carbocycles. The van der Waals surface area contributed by atoms with Gasteiger partial charge in [0, 0.05) is 36.3 Å².